The molecule has 0 bridgehead atoms. The summed E-state index contributed by atoms with van der Waals surface area (Å²) in [6, 6.07) is 100. The number of carbonyl (C=O) groups excluding carboxylic acids is 3. The fraction of sp³-hybridized carbons (Fsp3) is 0.463. The maximum absolute atomic E-state index is 16.2. The molecule has 18 rings (SSSR count). The Labute approximate surface area is 834 Å². The second-order valence-electron chi connectivity index (χ2n) is 43.6. The Morgan fingerprint density at radius 2 is 0.816 bits per heavy atom. The van der Waals surface area contributed by atoms with Gasteiger partial charge in [-0.05, 0) is 176 Å². The summed E-state index contributed by atoms with van der Waals surface area (Å²) in [4.78, 5) is 45.4. The van der Waals surface area contributed by atoms with E-state index in [9.17, 15) is 4.79 Å². The minimum atomic E-state index is -3.41. The standard InChI is InChI=1S/C121H142O19Si/c1-83(122)134-107-102(127-75-86-46-26-14-27-47-86)96(126-74-85-44-24-13-25-45-85)81-132-111(107)140-114(124)121-70-68-116(5,6)72-95(121)94-62-63-100-118(9)66-65-101(117(7,8)99(118)64-67-120(100,11)119(94,10)69-71-121)137-112-109(106(131-79-90-54-34-18-35-55-90)103(128-76-87-48-28-15-29-49-87)97(135-112)80-125-73-84-42-22-12-23-43-84)139-113-108(138-110(123)91-56-36-19-37-57-91)105(130-78-89-52-32-17-33-53-89)104(129-77-88-50-30-16-31-51-88)98(136-113)82-133-141(115(2,3)4,92-58-38-20-39-59-92)93-60-40-21-41-61-93/h12-62,95-109,111-113H,63-82H2,1-11H3/t95-,96-,97+,98+,99-,100+,101-,102-,103+,104-,105-,106-,107+,108+,109+,111-,112-,113-,118-,119+,120+,121-/m0/s1. The van der Waals surface area contributed by atoms with Crippen LogP contribution in [-0.4, -0.2) is 138 Å². The van der Waals surface area contributed by atoms with Gasteiger partial charge in [0.25, 0.3) is 8.32 Å². The van der Waals surface area contributed by atoms with Crippen LogP contribution in [0.1, 0.15) is 190 Å². The second-order valence-corrected chi connectivity index (χ2v) is 47.9. The summed E-state index contributed by atoms with van der Waals surface area (Å²) < 4.78 is 118. The lowest BCUT2D eigenvalue weighted by atomic mass is 9.33. The average Bonchev–Trinajstić information content (AvgIpc) is 0.672. The summed E-state index contributed by atoms with van der Waals surface area (Å²) in [6.45, 7) is 26.7. The van der Waals surface area contributed by atoms with Crippen LogP contribution in [0.3, 0.4) is 0 Å². The van der Waals surface area contributed by atoms with Crippen LogP contribution in [0.4, 0.5) is 0 Å². The first-order valence-corrected chi connectivity index (χ1v) is 53.0. The van der Waals surface area contributed by atoms with E-state index in [1.54, 1.807) is 12.1 Å². The van der Waals surface area contributed by atoms with Gasteiger partial charge in [-0.3, -0.25) is 9.59 Å². The molecule has 4 saturated carbocycles. The van der Waals surface area contributed by atoms with Crippen molar-refractivity contribution in [1.29, 1.82) is 0 Å². The van der Waals surface area contributed by atoms with Gasteiger partial charge in [0.2, 0.25) is 6.29 Å². The third-order valence-electron chi connectivity index (χ3n) is 32.9. The minimum absolute atomic E-state index is 0.0332. The zero-order chi connectivity index (χ0) is 98.0. The Morgan fingerprint density at radius 3 is 1.30 bits per heavy atom. The van der Waals surface area contributed by atoms with Gasteiger partial charge in [0.05, 0.1) is 83.2 Å². The van der Waals surface area contributed by atoms with E-state index in [1.165, 1.54) is 12.5 Å². The van der Waals surface area contributed by atoms with Crippen molar-refractivity contribution in [2.45, 2.75) is 284 Å². The van der Waals surface area contributed by atoms with Crippen molar-refractivity contribution in [3.05, 3.63) is 359 Å². The zero-order valence-electron chi connectivity index (χ0n) is 83.7. The van der Waals surface area contributed by atoms with Crippen LogP contribution >= 0.6 is 0 Å². The molecule has 0 spiro atoms. The highest BCUT2D eigenvalue weighted by atomic mass is 28.4. The Kier molecular flexibility index (Phi) is 31.8. The maximum Gasteiger partial charge on any atom is 0.338 e. The fourth-order valence-corrected chi connectivity index (χ4v) is 30.0. The molecule has 744 valence electrons. The van der Waals surface area contributed by atoms with Gasteiger partial charge >= 0.3 is 17.9 Å². The molecule has 0 unspecified atom stereocenters. The molecule has 7 fully saturated rings. The fourth-order valence-electron chi connectivity index (χ4n) is 25.4. The Balaban J connectivity index is 0.712. The molecule has 10 aromatic carbocycles. The molecule has 22 atom stereocenters. The van der Waals surface area contributed by atoms with Crippen molar-refractivity contribution in [2.24, 2.45) is 50.2 Å². The Hall–Kier alpha value is -9.95. The quantitative estimate of drug-likeness (QED) is 0.0118. The third-order valence-corrected chi connectivity index (χ3v) is 37.9. The largest absolute Gasteiger partial charge is 0.453 e. The lowest BCUT2D eigenvalue weighted by molar-refractivity contribution is -0.388. The molecule has 3 aliphatic heterocycles. The topological polar surface area (TPSA) is 199 Å². The van der Waals surface area contributed by atoms with Crippen LogP contribution in [0.25, 0.3) is 0 Å². The van der Waals surface area contributed by atoms with Gasteiger partial charge in [-0.15, -0.1) is 0 Å². The van der Waals surface area contributed by atoms with Gasteiger partial charge < -0.3 is 75.5 Å². The summed E-state index contributed by atoms with van der Waals surface area (Å²) in [5, 5.41) is 1.67. The summed E-state index contributed by atoms with van der Waals surface area (Å²) in [5.41, 5.74) is 5.93. The number of rotatable bonds is 36. The highest BCUT2D eigenvalue weighted by Crippen LogP contribution is 2.76. The van der Waals surface area contributed by atoms with E-state index >= 15 is 9.59 Å². The monoisotopic (exact) mass is 1930 g/mol. The highest BCUT2D eigenvalue weighted by Gasteiger charge is 2.71. The Morgan fingerprint density at radius 1 is 0.397 bits per heavy atom. The van der Waals surface area contributed by atoms with Gasteiger partial charge in [0, 0.05) is 6.92 Å². The number of allylic oxidation sites excluding steroid dienone is 2. The van der Waals surface area contributed by atoms with Crippen molar-refractivity contribution < 1.29 is 89.9 Å². The van der Waals surface area contributed by atoms with E-state index in [0.29, 0.717) is 24.8 Å². The first-order valence-electron chi connectivity index (χ1n) is 51.1. The number of carbonyl (C=O) groups is 3. The predicted molar refractivity (Wildman–Crippen MR) is 543 cm³/mol. The SMILES string of the molecule is CC(=O)O[C@H]1[C@H](OC(=O)[C@]23CCC(C)(C)C[C@H]2C2=CC[C@@H]4[C@@]5(C)CC[C@H](O[C@@H]6O[C@H](COCc7ccccc7)[C@@H](OCc7ccccc7)[C@H](OCc7ccccc7)[C@H]6O[C@@H]6O[C@H](CO[Si](c7ccccc7)(c7ccccc7)C(C)(C)C)[C@H](OCc7ccccc7)[C@H](OCc7ccccc7)[C@H]6OC(=O)c6ccccc6)C(C)(C)[C@@H]5CC[C@@]4(C)[C@]2(C)CC3)OC[C@H](OCc2ccccc2)[C@@H]1OCc1ccccc1. The molecule has 5 aliphatic carbocycles. The Bertz CT molecular complexity index is 5670. The zero-order valence-corrected chi connectivity index (χ0v) is 84.7. The number of benzene rings is 10. The highest BCUT2D eigenvalue weighted by molar-refractivity contribution is 6.99. The van der Waals surface area contributed by atoms with E-state index in [0.717, 1.165) is 94.3 Å². The molecule has 8 aliphatic rings. The molecule has 0 aromatic heterocycles. The molecule has 19 nitrogen and oxygen atoms in total. The van der Waals surface area contributed by atoms with E-state index in [1.807, 2.05) is 206 Å². The van der Waals surface area contributed by atoms with Gasteiger partial charge in [-0.1, -0.05) is 372 Å². The normalized spacial score (nSPS) is 30.6. The van der Waals surface area contributed by atoms with E-state index in [4.69, 9.17) is 75.5 Å². The van der Waals surface area contributed by atoms with E-state index in [2.05, 4.69) is 160 Å². The van der Waals surface area contributed by atoms with Crippen LogP contribution in [0.5, 0.6) is 0 Å². The molecule has 3 saturated heterocycles. The molecule has 0 amide bonds. The van der Waals surface area contributed by atoms with Crippen molar-refractivity contribution in [3.63, 3.8) is 0 Å². The predicted octanol–water partition coefficient (Wildman–Crippen LogP) is 22.4. The molecule has 10 aromatic rings. The molecular weight excluding hydrogens is 1790 g/mol. The first kappa shape index (κ1) is 101. The van der Waals surface area contributed by atoms with Crippen LogP contribution in [0, 0.1) is 50.2 Å². The lowest BCUT2D eigenvalue weighted by Crippen LogP contribution is -2.69. The maximum atomic E-state index is 16.2. The number of fused-ring (bicyclic) bond motifs is 7. The van der Waals surface area contributed by atoms with Gasteiger partial charge in [0.15, 0.2) is 24.8 Å². The summed E-state index contributed by atoms with van der Waals surface area (Å²) in [6.07, 6.45) is -5.27. The van der Waals surface area contributed by atoms with Crippen LogP contribution in [0.15, 0.2) is 315 Å². The summed E-state index contributed by atoms with van der Waals surface area (Å²) in [7, 11) is -3.41. The first-order chi connectivity index (χ1) is 68.2. The van der Waals surface area contributed by atoms with Crippen molar-refractivity contribution in [1.82, 2.24) is 0 Å². The summed E-state index contributed by atoms with van der Waals surface area (Å²) >= 11 is 0. The molecule has 20 heteroatoms. The minimum Gasteiger partial charge on any atom is -0.453 e. The number of hydrogen-bond acceptors (Lipinski definition) is 19. The van der Waals surface area contributed by atoms with Crippen LogP contribution < -0.4 is 10.4 Å². The van der Waals surface area contributed by atoms with Crippen molar-refractivity contribution in [3.8, 4) is 0 Å². The molecule has 0 N–H and O–H groups in total. The van der Waals surface area contributed by atoms with E-state index in [-0.39, 0.29) is 111 Å². The van der Waals surface area contributed by atoms with E-state index < -0.39 is 128 Å². The number of hydrogen-bond donors (Lipinski definition) is 0. The average molecular weight is 1930 g/mol. The molecular formula is C121H142O19Si. The van der Waals surface area contributed by atoms with Crippen LogP contribution in [0.2, 0.25) is 5.04 Å². The van der Waals surface area contributed by atoms with Crippen LogP contribution in [-0.2, 0) is 131 Å². The van der Waals surface area contributed by atoms with Crippen molar-refractivity contribution in [2.75, 3.05) is 19.8 Å². The molecule has 3 heterocycles. The number of ether oxygens (including phenoxy) is 15. The molecule has 141 heavy (non-hydrogen) atoms. The lowest BCUT2D eigenvalue weighted by Gasteiger charge is -2.71. The van der Waals surface area contributed by atoms with Gasteiger partial charge in [-0.25, -0.2) is 4.79 Å². The number of esters is 3. The third kappa shape index (κ3) is 22.0. The van der Waals surface area contributed by atoms with Gasteiger partial charge in [0.1, 0.15) is 54.9 Å². The van der Waals surface area contributed by atoms with Crippen molar-refractivity contribution >= 4 is 36.6 Å². The molecule has 0 radical (unpaired) electrons. The smallest absolute Gasteiger partial charge is 0.338 e. The van der Waals surface area contributed by atoms with Gasteiger partial charge in [-0.2, -0.15) is 0 Å². The second kappa shape index (κ2) is 44.3. The summed E-state index contributed by atoms with van der Waals surface area (Å²) in [5.74, 6) is -1.28.